The minimum Gasteiger partial charge on any atom is -0.480 e. The van der Waals surface area contributed by atoms with E-state index in [1.807, 2.05) is 0 Å². The number of thioether (sulfide) groups is 1. The highest BCUT2D eigenvalue weighted by atomic mass is 32.2. The van der Waals surface area contributed by atoms with Gasteiger partial charge in [-0.1, -0.05) is 252 Å². The van der Waals surface area contributed by atoms with Crippen LogP contribution >= 0.6 is 11.8 Å². The molecule has 0 aromatic rings. The van der Waals surface area contributed by atoms with E-state index in [-0.39, 0.29) is 48.8 Å². The maximum Gasteiger partial charge on any atom is 0.322 e. The maximum absolute atomic E-state index is 13.6. The number of carboxylic acids is 1. The average Bonchev–Trinajstić information content (AvgIpc) is 3.36. The monoisotopic (exact) mass is 1040 g/mol. The van der Waals surface area contributed by atoms with Crippen LogP contribution in [-0.2, 0) is 38.2 Å². The summed E-state index contributed by atoms with van der Waals surface area (Å²) < 4.78 is 11.6. The van der Waals surface area contributed by atoms with Crippen LogP contribution in [0.15, 0.2) is 0 Å². The number of ether oxygens (including phenoxy) is 2. The number of amides is 3. The van der Waals surface area contributed by atoms with Crippen LogP contribution < -0.4 is 16.0 Å². The number of nitrogens with one attached hydrogen (secondary N) is 3. The van der Waals surface area contributed by atoms with Crippen LogP contribution in [0.5, 0.6) is 0 Å². The zero-order chi connectivity index (χ0) is 53.0. The van der Waals surface area contributed by atoms with E-state index >= 15 is 0 Å². The second-order valence-corrected chi connectivity index (χ2v) is 21.8. The lowest BCUT2D eigenvalue weighted by Crippen LogP contribution is -2.54. The Morgan fingerprint density at radius 2 is 0.778 bits per heavy atom. The van der Waals surface area contributed by atoms with Gasteiger partial charge in [0.05, 0.1) is 0 Å². The van der Waals surface area contributed by atoms with Crippen molar-refractivity contribution < 1.29 is 43.3 Å². The Kier molecular flexibility index (Phi) is 50.9. The van der Waals surface area contributed by atoms with Crippen molar-refractivity contribution in [3.05, 3.63) is 0 Å². The first-order valence-electron chi connectivity index (χ1n) is 30.1. The van der Waals surface area contributed by atoms with E-state index < -0.39 is 42.5 Å². The molecule has 0 aromatic carbocycles. The molecule has 0 fully saturated rings. The third-order valence-electron chi connectivity index (χ3n) is 13.6. The van der Waals surface area contributed by atoms with Gasteiger partial charge in [0, 0.05) is 30.8 Å². The summed E-state index contributed by atoms with van der Waals surface area (Å²) in [6.45, 7) is 7.51. The predicted molar refractivity (Wildman–Crippen MR) is 299 cm³/mol. The molecule has 0 heterocycles. The molecule has 0 aliphatic carbocycles. The van der Waals surface area contributed by atoms with Gasteiger partial charge in [-0.2, -0.15) is 11.8 Å². The molecular weight excluding hydrogens is 927 g/mol. The normalized spacial score (nSPS) is 12.5. The molecule has 0 saturated carbocycles. The number of esters is 2. The molecule has 1 unspecified atom stereocenters. The van der Waals surface area contributed by atoms with Crippen LogP contribution in [0.4, 0.5) is 0 Å². The van der Waals surface area contributed by atoms with Crippen molar-refractivity contribution in [3.8, 4) is 0 Å². The molecule has 0 aliphatic heterocycles. The third-order valence-corrected chi connectivity index (χ3v) is 14.8. The Balaban J connectivity index is 5.25. The molecule has 3 amide bonds. The van der Waals surface area contributed by atoms with E-state index in [0.717, 1.165) is 64.2 Å². The van der Waals surface area contributed by atoms with E-state index in [0.29, 0.717) is 12.8 Å². The number of hydrogen-bond acceptors (Lipinski definition) is 9. The molecule has 0 spiro atoms. The minimum absolute atomic E-state index is 0.0995. The molecule has 0 rings (SSSR count). The first kappa shape index (κ1) is 69.2. The maximum atomic E-state index is 13.6. The summed E-state index contributed by atoms with van der Waals surface area (Å²) in [6, 6.07) is -2.06. The topological polar surface area (TPSA) is 177 Å². The largest absolute Gasteiger partial charge is 0.480 e. The second kappa shape index (κ2) is 53.0. The molecule has 12 nitrogen and oxygen atoms in total. The summed E-state index contributed by atoms with van der Waals surface area (Å²) in [7, 11) is 0. The van der Waals surface area contributed by atoms with Crippen molar-refractivity contribution in [1.82, 2.24) is 16.0 Å². The Morgan fingerprint density at radius 1 is 0.431 bits per heavy atom. The lowest BCUT2D eigenvalue weighted by Gasteiger charge is -2.22. The SMILES string of the molecule is CCCCCCCCCCCCCCCC(=O)N[C@@H](CSCC(COC(=O)CCCCCCCCCCCCCCC)OC(=O)CCCCCCCCCCCCCCC)C(=O)N[C@@H](C)C(=O)NCC(=O)O. The van der Waals surface area contributed by atoms with Crippen molar-refractivity contribution in [3.63, 3.8) is 0 Å². The summed E-state index contributed by atoms with van der Waals surface area (Å²) in [4.78, 5) is 76.3. The van der Waals surface area contributed by atoms with Crippen molar-refractivity contribution in [2.45, 2.75) is 316 Å². The number of hydrogen-bond donors (Lipinski definition) is 4. The van der Waals surface area contributed by atoms with Crippen LogP contribution in [0.1, 0.15) is 297 Å². The summed E-state index contributed by atoms with van der Waals surface area (Å²) in [6.07, 6.45) is 47.0. The number of unbranched alkanes of at least 4 members (excludes halogenated alkanes) is 36. The summed E-state index contributed by atoms with van der Waals surface area (Å²) in [5, 5.41) is 16.8. The van der Waals surface area contributed by atoms with Crippen LogP contribution in [-0.4, -0.2) is 83.6 Å². The quantitative estimate of drug-likeness (QED) is 0.0339. The molecule has 422 valence electrons. The fourth-order valence-corrected chi connectivity index (χ4v) is 9.99. The first-order valence-corrected chi connectivity index (χ1v) is 31.2. The van der Waals surface area contributed by atoms with E-state index in [1.165, 1.54) is 198 Å². The Labute approximate surface area is 445 Å². The zero-order valence-corrected chi connectivity index (χ0v) is 47.7. The number of carbonyl (C=O) groups is 6. The number of rotatable bonds is 55. The van der Waals surface area contributed by atoms with Gasteiger partial charge in [-0.25, -0.2) is 0 Å². The fraction of sp³-hybridized carbons (Fsp3) is 0.898. The van der Waals surface area contributed by atoms with Gasteiger partial charge in [-0.05, 0) is 26.2 Å². The standard InChI is InChI=1S/C59H111N3O9S/c1-5-8-11-14-17-20-23-26-29-32-35-38-41-44-54(63)62-53(59(69)61-51(4)58(68)60-47-55(64)65)50-72-49-52(71-57(67)46-43-40-37-34-31-28-25-22-19-16-13-10-7-3)48-70-56(66)45-42-39-36-33-30-27-24-21-18-15-12-9-6-2/h51-53H,5-50H2,1-4H3,(H,60,68)(H,61,69)(H,62,63)(H,64,65)/t51-,52?,53-/m0/s1. The van der Waals surface area contributed by atoms with Crippen LogP contribution in [0.25, 0.3) is 0 Å². The predicted octanol–water partition coefficient (Wildman–Crippen LogP) is 14.8. The first-order chi connectivity index (χ1) is 35.0. The van der Waals surface area contributed by atoms with Gasteiger partial charge < -0.3 is 30.5 Å². The van der Waals surface area contributed by atoms with Gasteiger partial charge in [0.1, 0.15) is 31.3 Å². The lowest BCUT2D eigenvalue weighted by atomic mass is 10.0. The molecule has 0 aliphatic rings. The van der Waals surface area contributed by atoms with Crippen LogP contribution in [0.2, 0.25) is 0 Å². The van der Waals surface area contributed by atoms with Crippen molar-refractivity contribution >= 4 is 47.4 Å². The van der Waals surface area contributed by atoms with Crippen molar-refractivity contribution in [1.29, 1.82) is 0 Å². The highest BCUT2D eigenvalue weighted by Gasteiger charge is 2.26. The Hall–Kier alpha value is -2.83. The summed E-state index contributed by atoms with van der Waals surface area (Å²) in [5.41, 5.74) is 0. The van der Waals surface area contributed by atoms with Crippen molar-refractivity contribution in [2.75, 3.05) is 24.7 Å². The highest BCUT2D eigenvalue weighted by molar-refractivity contribution is 7.99. The van der Waals surface area contributed by atoms with E-state index in [1.54, 1.807) is 0 Å². The van der Waals surface area contributed by atoms with E-state index in [9.17, 15) is 28.8 Å². The van der Waals surface area contributed by atoms with Gasteiger partial charge in [-0.15, -0.1) is 0 Å². The number of carboxylic acid groups (broad SMARTS) is 1. The van der Waals surface area contributed by atoms with Gasteiger partial charge in [0.2, 0.25) is 17.7 Å². The second-order valence-electron chi connectivity index (χ2n) is 20.8. The summed E-state index contributed by atoms with van der Waals surface area (Å²) in [5.74, 6) is -3.06. The number of aliphatic carboxylic acids is 1. The minimum atomic E-state index is -1.21. The molecular formula is C59H111N3O9S. The third kappa shape index (κ3) is 48.1. The fourth-order valence-electron chi connectivity index (χ4n) is 8.96. The van der Waals surface area contributed by atoms with E-state index in [4.69, 9.17) is 14.6 Å². The van der Waals surface area contributed by atoms with Crippen molar-refractivity contribution in [2.24, 2.45) is 0 Å². The molecule has 0 aromatic heterocycles. The number of carbonyl (C=O) groups excluding carboxylic acids is 5. The zero-order valence-electron chi connectivity index (χ0n) is 46.9. The molecule has 3 atom stereocenters. The smallest absolute Gasteiger partial charge is 0.322 e. The Bertz CT molecular complexity index is 1320. The van der Waals surface area contributed by atoms with Gasteiger partial charge in [0.25, 0.3) is 0 Å². The van der Waals surface area contributed by atoms with Gasteiger partial charge >= 0.3 is 17.9 Å². The molecule has 72 heavy (non-hydrogen) atoms. The van der Waals surface area contributed by atoms with Gasteiger partial charge in [-0.3, -0.25) is 28.8 Å². The molecule has 0 saturated heterocycles. The molecule has 0 radical (unpaired) electrons. The molecule has 13 heteroatoms. The molecule has 4 N–H and O–H groups in total. The van der Waals surface area contributed by atoms with Crippen LogP contribution in [0, 0.1) is 0 Å². The lowest BCUT2D eigenvalue weighted by molar-refractivity contribution is -0.157. The summed E-state index contributed by atoms with van der Waals surface area (Å²) >= 11 is 1.29. The van der Waals surface area contributed by atoms with Gasteiger partial charge in [0.15, 0.2) is 0 Å². The highest BCUT2D eigenvalue weighted by Crippen LogP contribution is 2.18. The van der Waals surface area contributed by atoms with Crippen LogP contribution in [0.3, 0.4) is 0 Å². The molecule has 0 bridgehead atoms. The Morgan fingerprint density at radius 3 is 1.15 bits per heavy atom. The average molecular weight is 1040 g/mol. The van der Waals surface area contributed by atoms with E-state index in [2.05, 4.69) is 36.7 Å².